The first-order chi connectivity index (χ1) is 4.88. The second-order valence-corrected chi connectivity index (χ2v) is 2.06. The molecule has 0 aromatic heterocycles. The molecule has 1 aliphatic heterocycles. The molecule has 0 saturated carbocycles. The first kappa shape index (κ1) is 7.15. The van der Waals surface area contributed by atoms with E-state index in [9.17, 15) is 0 Å². The fourth-order valence-corrected chi connectivity index (χ4v) is 0.944. The van der Waals surface area contributed by atoms with Crippen molar-refractivity contribution in [3.63, 3.8) is 0 Å². The van der Waals surface area contributed by atoms with Crippen LogP contribution in [0.25, 0.3) is 0 Å². The first-order valence-corrected chi connectivity index (χ1v) is 3.38. The van der Waals surface area contributed by atoms with E-state index in [2.05, 4.69) is 16.8 Å². The molecule has 0 aromatic rings. The van der Waals surface area contributed by atoms with Crippen LogP contribution in [0.2, 0.25) is 0 Å². The van der Waals surface area contributed by atoms with Gasteiger partial charge in [0.15, 0.2) is 0 Å². The van der Waals surface area contributed by atoms with E-state index in [0.29, 0.717) is 0 Å². The lowest BCUT2D eigenvalue weighted by molar-refractivity contribution is 0.279. The Balaban J connectivity index is 2.61. The van der Waals surface area contributed by atoms with Crippen molar-refractivity contribution >= 4 is 0 Å². The summed E-state index contributed by atoms with van der Waals surface area (Å²) in [6, 6.07) is 0. The van der Waals surface area contributed by atoms with Crippen molar-refractivity contribution in [3.05, 3.63) is 24.0 Å². The van der Waals surface area contributed by atoms with Crippen molar-refractivity contribution in [1.82, 2.24) is 15.8 Å². The molecule has 0 saturated heterocycles. The molecule has 2 N–H and O–H groups in total. The molecule has 0 amide bonds. The third kappa shape index (κ3) is 1.30. The predicted molar refractivity (Wildman–Crippen MR) is 42.0 cm³/mol. The minimum atomic E-state index is 0.920. The van der Waals surface area contributed by atoms with Crippen LogP contribution in [0.3, 0.4) is 0 Å². The van der Waals surface area contributed by atoms with E-state index in [0.717, 1.165) is 12.4 Å². The molecule has 56 valence electrons. The van der Waals surface area contributed by atoms with Gasteiger partial charge in [0, 0.05) is 14.1 Å². The Kier molecular flexibility index (Phi) is 2.34. The zero-order chi connectivity index (χ0) is 7.40. The van der Waals surface area contributed by atoms with Crippen LogP contribution in [0.5, 0.6) is 0 Å². The lowest BCUT2D eigenvalue weighted by Crippen LogP contribution is -2.39. The van der Waals surface area contributed by atoms with Gasteiger partial charge >= 0.3 is 0 Å². The number of nitrogens with one attached hydrogen (secondary N) is 2. The second-order valence-electron chi connectivity index (χ2n) is 2.06. The maximum atomic E-state index is 3.08. The number of rotatable bonds is 2. The average molecular weight is 139 g/mol. The van der Waals surface area contributed by atoms with Gasteiger partial charge in [0.2, 0.25) is 0 Å². The molecule has 0 unspecified atom stereocenters. The summed E-state index contributed by atoms with van der Waals surface area (Å²) in [7, 11) is 3.82. The van der Waals surface area contributed by atoms with Crippen LogP contribution < -0.4 is 10.7 Å². The summed E-state index contributed by atoms with van der Waals surface area (Å²) in [6.07, 6.45) is 6.16. The van der Waals surface area contributed by atoms with Crippen LogP contribution in [0.15, 0.2) is 24.0 Å². The molecule has 1 heterocycles. The SMILES string of the molecule is CNC1=CC=CCN1NC. The number of nitrogens with zero attached hydrogens (tertiary/aromatic N) is 1. The van der Waals surface area contributed by atoms with Crippen molar-refractivity contribution in [2.75, 3.05) is 20.6 Å². The van der Waals surface area contributed by atoms with E-state index in [4.69, 9.17) is 0 Å². The van der Waals surface area contributed by atoms with E-state index < -0.39 is 0 Å². The van der Waals surface area contributed by atoms with E-state index in [1.807, 2.05) is 31.3 Å². The zero-order valence-electron chi connectivity index (χ0n) is 6.39. The third-order valence-corrected chi connectivity index (χ3v) is 1.50. The molecule has 3 heteroatoms. The van der Waals surface area contributed by atoms with Gasteiger partial charge < -0.3 is 5.32 Å². The van der Waals surface area contributed by atoms with Crippen molar-refractivity contribution in [3.8, 4) is 0 Å². The molecular weight excluding hydrogens is 126 g/mol. The van der Waals surface area contributed by atoms with Crippen molar-refractivity contribution in [2.45, 2.75) is 0 Å². The van der Waals surface area contributed by atoms with Crippen molar-refractivity contribution in [1.29, 1.82) is 0 Å². The van der Waals surface area contributed by atoms with Gasteiger partial charge in [-0.25, -0.2) is 5.43 Å². The normalized spacial score (nSPS) is 17.0. The van der Waals surface area contributed by atoms with Crippen LogP contribution in [0.1, 0.15) is 0 Å². The average Bonchev–Trinajstić information content (AvgIpc) is 2.04. The summed E-state index contributed by atoms with van der Waals surface area (Å²) in [5.41, 5.74) is 3.06. The number of hydrazine groups is 1. The van der Waals surface area contributed by atoms with Crippen molar-refractivity contribution in [2.24, 2.45) is 0 Å². The summed E-state index contributed by atoms with van der Waals surface area (Å²) in [5.74, 6) is 1.10. The largest absolute Gasteiger partial charge is 0.374 e. The van der Waals surface area contributed by atoms with Gasteiger partial charge in [0.25, 0.3) is 0 Å². The number of hydrogen-bond donors (Lipinski definition) is 2. The maximum Gasteiger partial charge on any atom is 0.116 e. The highest BCUT2D eigenvalue weighted by Gasteiger charge is 2.04. The van der Waals surface area contributed by atoms with E-state index in [-0.39, 0.29) is 0 Å². The molecule has 0 atom stereocenters. The Bertz CT molecular complexity index is 160. The van der Waals surface area contributed by atoms with Crippen LogP contribution >= 0.6 is 0 Å². The van der Waals surface area contributed by atoms with Crippen LogP contribution in [-0.4, -0.2) is 25.6 Å². The Morgan fingerprint density at radius 2 is 2.30 bits per heavy atom. The van der Waals surface area contributed by atoms with Gasteiger partial charge in [-0.3, -0.25) is 5.01 Å². The minimum Gasteiger partial charge on any atom is -0.374 e. The van der Waals surface area contributed by atoms with Gasteiger partial charge in [0.05, 0.1) is 6.54 Å². The molecule has 0 aromatic carbocycles. The van der Waals surface area contributed by atoms with Crippen LogP contribution in [-0.2, 0) is 0 Å². The summed E-state index contributed by atoms with van der Waals surface area (Å²) in [6.45, 7) is 0.920. The van der Waals surface area contributed by atoms with E-state index >= 15 is 0 Å². The Morgan fingerprint density at radius 3 is 2.80 bits per heavy atom. The fourth-order valence-electron chi connectivity index (χ4n) is 0.944. The fraction of sp³-hybridized carbons (Fsp3) is 0.429. The quantitative estimate of drug-likeness (QED) is 0.566. The first-order valence-electron chi connectivity index (χ1n) is 3.38. The number of allylic oxidation sites excluding steroid dienone is 2. The van der Waals surface area contributed by atoms with Gasteiger partial charge in [-0.15, -0.1) is 0 Å². The molecule has 1 aliphatic rings. The summed E-state index contributed by atoms with van der Waals surface area (Å²) in [5, 5.41) is 5.11. The standard InChI is InChI=1S/C7H13N3/c1-8-7-5-3-4-6-10(7)9-2/h3-5,8-9H,6H2,1-2H3. The molecule has 1 rings (SSSR count). The summed E-state index contributed by atoms with van der Waals surface area (Å²) >= 11 is 0. The highest BCUT2D eigenvalue weighted by atomic mass is 15.5. The molecule has 0 fully saturated rings. The van der Waals surface area contributed by atoms with Gasteiger partial charge in [-0.2, -0.15) is 0 Å². The highest BCUT2D eigenvalue weighted by Crippen LogP contribution is 2.01. The van der Waals surface area contributed by atoms with Crippen LogP contribution in [0, 0.1) is 0 Å². The van der Waals surface area contributed by atoms with Gasteiger partial charge in [-0.05, 0) is 6.08 Å². The lowest BCUT2D eigenvalue weighted by Gasteiger charge is -2.26. The van der Waals surface area contributed by atoms with E-state index in [1.54, 1.807) is 0 Å². The number of hydrogen-bond acceptors (Lipinski definition) is 3. The smallest absolute Gasteiger partial charge is 0.116 e. The molecule has 0 spiro atoms. The predicted octanol–water partition coefficient (Wildman–Crippen LogP) is 0.0534. The van der Waals surface area contributed by atoms with Crippen LogP contribution in [0.4, 0.5) is 0 Å². The molecule has 3 nitrogen and oxygen atoms in total. The molecule has 0 radical (unpaired) electrons. The van der Waals surface area contributed by atoms with Crippen molar-refractivity contribution < 1.29 is 0 Å². The summed E-state index contributed by atoms with van der Waals surface area (Å²) in [4.78, 5) is 0. The Labute approximate surface area is 61.4 Å². The summed E-state index contributed by atoms with van der Waals surface area (Å²) < 4.78 is 0. The van der Waals surface area contributed by atoms with Gasteiger partial charge in [-0.1, -0.05) is 12.2 Å². The monoisotopic (exact) mass is 139 g/mol. The molecular formula is C7H13N3. The molecule has 0 aliphatic carbocycles. The van der Waals surface area contributed by atoms with E-state index in [1.165, 1.54) is 0 Å². The second kappa shape index (κ2) is 3.27. The lowest BCUT2D eigenvalue weighted by atomic mass is 10.3. The molecule has 10 heavy (non-hydrogen) atoms. The highest BCUT2D eigenvalue weighted by molar-refractivity contribution is 5.15. The van der Waals surface area contributed by atoms with Gasteiger partial charge in [0.1, 0.15) is 5.82 Å². The Hall–Kier alpha value is -0.960. The zero-order valence-corrected chi connectivity index (χ0v) is 6.39. The topological polar surface area (TPSA) is 27.3 Å². The third-order valence-electron chi connectivity index (χ3n) is 1.50. The minimum absolute atomic E-state index is 0.920. The maximum absolute atomic E-state index is 3.08. The Morgan fingerprint density at radius 1 is 1.50 bits per heavy atom. The molecule has 0 bridgehead atoms.